The summed E-state index contributed by atoms with van der Waals surface area (Å²) < 4.78 is 37.2. The van der Waals surface area contributed by atoms with Crippen molar-refractivity contribution >= 4 is 40.3 Å². The first-order valence-corrected chi connectivity index (χ1v) is 8.77. The normalized spacial score (nSPS) is 12.8. The lowest BCUT2D eigenvalue weighted by atomic mass is 10.2. The molecule has 21 heavy (non-hydrogen) atoms. The van der Waals surface area contributed by atoms with Crippen LogP contribution in [0.4, 0.5) is 0 Å². The molecule has 8 nitrogen and oxygen atoms in total. The van der Waals surface area contributed by atoms with Gasteiger partial charge in [-0.25, -0.2) is 22.0 Å². The van der Waals surface area contributed by atoms with E-state index >= 15 is 0 Å². The number of fused-ring (bicyclic) bond motifs is 1. The lowest BCUT2D eigenvalue weighted by Gasteiger charge is -2.13. The first kappa shape index (κ1) is 16.2. The van der Waals surface area contributed by atoms with Gasteiger partial charge in [0.2, 0.25) is 10.0 Å². The molecule has 0 saturated heterocycles. The second kappa shape index (κ2) is 5.20. The zero-order chi connectivity index (χ0) is 16.0. The number of hydrogen-bond acceptors (Lipinski definition) is 4. The Morgan fingerprint density at radius 3 is 2.52 bits per heavy atom. The molecule has 1 aromatic carbocycles. The van der Waals surface area contributed by atoms with E-state index < -0.39 is 23.3 Å². The number of nitrogens with zero attached hydrogens (tertiary/aromatic N) is 1. The van der Waals surface area contributed by atoms with E-state index in [0.717, 1.165) is 18.2 Å². The minimum Gasteiger partial charge on any atom is -0.308 e. The molecule has 0 aliphatic heterocycles. The minimum atomic E-state index is -4.93. The van der Waals surface area contributed by atoms with Gasteiger partial charge in [-0.05, 0) is 25.2 Å². The van der Waals surface area contributed by atoms with Crippen LogP contribution in [0.2, 0.25) is 5.02 Å². The maximum absolute atomic E-state index is 11.8. The van der Waals surface area contributed by atoms with E-state index in [0.29, 0.717) is 0 Å². The second-order valence-electron chi connectivity index (χ2n) is 3.97. The average Bonchev–Trinajstić information content (AvgIpc) is 2.36. The van der Waals surface area contributed by atoms with Crippen molar-refractivity contribution in [1.29, 1.82) is 0 Å². The molecule has 1 heterocycles. The molecule has 0 aliphatic carbocycles. The van der Waals surface area contributed by atoms with Gasteiger partial charge in [0, 0.05) is 5.39 Å². The summed E-state index contributed by atoms with van der Waals surface area (Å²) >= 11 is 5.84. The largest absolute Gasteiger partial charge is 0.437 e. The third-order valence-corrected chi connectivity index (χ3v) is 5.47. The van der Waals surface area contributed by atoms with Crippen LogP contribution in [0.5, 0.6) is 0 Å². The first-order valence-electron chi connectivity index (χ1n) is 5.35. The molecule has 0 atom stereocenters. The SMILES string of the molecule is CNS(=O)(=O)c1cc2c[c]c(=O)n(P(=O)(O)O)c2cc1Cl. The third kappa shape index (κ3) is 2.89. The van der Waals surface area contributed by atoms with Gasteiger partial charge in [0.25, 0.3) is 5.56 Å². The van der Waals surface area contributed by atoms with Gasteiger partial charge < -0.3 is 9.79 Å². The number of halogens is 1. The molecule has 0 fully saturated rings. The van der Waals surface area contributed by atoms with Crippen LogP contribution in [0.25, 0.3) is 10.9 Å². The summed E-state index contributed by atoms with van der Waals surface area (Å²) in [4.78, 5) is 29.7. The summed E-state index contributed by atoms with van der Waals surface area (Å²) in [7, 11) is -7.60. The summed E-state index contributed by atoms with van der Waals surface area (Å²) in [6.45, 7) is 0. The third-order valence-electron chi connectivity index (χ3n) is 2.67. The van der Waals surface area contributed by atoms with Crippen molar-refractivity contribution in [2.75, 3.05) is 7.05 Å². The highest BCUT2D eigenvalue weighted by Crippen LogP contribution is 2.39. The lowest BCUT2D eigenvalue weighted by molar-refractivity contribution is 0.361. The molecule has 0 amide bonds. The van der Waals surface area contributed by atoms with Crippen LogP contribution in [-0.4, -0.2) is 29.6 Å². The number of aromatic nitrogens is 1. The van der Waals surface area contributed by atoms with Crippen LogP contribution in [0.1, 0.15) is 0 Å². The smallest absolute Gasteiger partial charge is 0.308 e. The van der Waals surface area contributed by atoms with Crippen LogP contribution in [0.15, 0.2) is 27.9 Å². The Kier molecular flexibility index (Phi) is 4.00. The van der Waals surface area contributed by atoms with E-state index in [9.17, 15) is 27.6 Å². The van der Waals surface area contributed by atoms with Crippen molar-refractivity contribution in [1.82, 2.24) is 9.06 Å². The molecule has 11 heteroatoms. The highest BCUT2D eigenvalue weighted by atomic mass is 35.5. The number of rotatable bonds is 3. The van der Waals surface area contributed by atoms with Crippen molar-refractivity contribution in [2.45, 2.75) is 4.90 Å². The molecule has 0 spiro atoms. The van der Waals surface area contributed by atoms with Crippen molar-refractivity contribution in [3.05, 3.63) is 39.6 Å². The van der Waals surface area contributed by atoms with Crippen LogP contribution >= 0.6 is 19.3 Å². The molecule has 1 radical (unpaired) electrons. The highest BCUT2D eigenvalue weighted by Gasteiger charge is 2.24. The zero-order valence-electron chi connectivity index (χ0n) is 10.4. The van der Waals surface area contributed by atoms with Crippen LogP contribution in [-0.2, 0) is 14.6 Å². The molecule has 1 aromatic heterocycles. The first-order chi connectivity index (χ1) is 9.58. The summed E-state index contributed by atoms with van der Waals surface area (Å²) in [5.41, 5.74) is -1.23. The summed E-state index contributed by atoms with van der Waals surface area (Å²) in [5.74, 6) is 0. The van der Waals surface area contributed by atoms with Crippen LogP contribution < -0.4 is 10.3 Å². The van der Waals surface area contributed by atoms with Gasteiger partial charge in [0.05, 0.1) is 16.6 Å². The maximum atomic E-state index is 11.8. The Bertz CT molecular complexity index is 932. The average molecular weight is 352 g/mol. The fourth-order valence-corrected chi connectivity index (χ4v) is 3.77. The van der Waals surface area contributed by atoms with Gasteiger partial charge in [0.1, 0.15) is 4.90 Å². The molecule has 2 aromatic rings. The highest BCUT2D eigenvalue weighted by molar-refractivity contribution is 7.89. The molecule has 0 saturated carbocycles. The molecule has 0 unspecified atom stereocenters. The van der Waals surface area contributed by atoms with Gasteiger partial charge in [-0.15, -0.1) is 0 Å². The van der Waals surface area contributed by atoms with E-state index in [1.165, 1.54) is 7.05 Å². The topological polar surface area (TPSA) is 126 Å². The quantitative estimate of drug-likeness (QED) is 0.683. The molecular weight excluding hydrogens is 343 g/mol. The zero-order valence-corrected chi connectivity index (χ0v) is 12.9. The van der Waals surface area contributed by atoms with Crippen molar-refractivity contribution in [3.8, 4) is 0 Å². The van der Waals surface area contributed by atoms with Crippen LogP contribution in [0, 0.1) is 6.07 Å². The Morgan fingerprint density at radius 1 is 1.38 bits per heavy atom. The Morgan fingerprint density at radius 2 is 2.00 bits per heavy atom. The van der Waals surface area contributed by atoms with Crippen molar-refractivity contribution in [2.24, 2.45) is 0 Å². The van der Waals surface area contributed by atoms with Gasteiger partial charge in [-0.2, -0.15) is 0 Å². The monoisotopic (exact) mass is 351 g/mol. The van der Waals surface area contributed by atoms with Crippen LogP contribution in [0.3, 0.4) is 0 Å². The van der Waals surface area contributed by atoms with Crippen molar-refractivity contribution in [3.63, 3.8) is 0 Å². The lowest BCUT2D eigenvalue weighted by Crippen LogP contribution is -2.20. The Hall–Kier alpha value is -1.22. The summed E-state index contributed by atoms with van der Waals surface area (Å²) in [6.07, 6.45) is 0. The molecule has 0 bridgehead atoms. The summed E-state index contributed by atoms with van der Waals surface area (Å²) in [5, 5.41) is -0.180. The van der Waals surface area contributed by atoms with Gasteiger partial charge in [-0.3, -0.25) is 4.79 Å². The minimum absolute atomic E-state index is 0.0937. The molecule has 3 N–H and O–H groups in total. The molecule has 0 aliphatic rings. The summed E-state index contributed by atoms with van der Waals surface area (Å²) in [6, 6.07) is 5.37. The van der Waals surface area contributed by atoms with E-state index in [2.05, 4.69) is 10.8 Å². The molecule has 113 valence electrons. The maximum Gasteiger partial charge on any atom is 0.437 e. The van der Waals surface area contributed by atoms with E-state index in [1.807, 2.05) is 0 Å². The standard InChI is InChI=1S/C10H9ClN2O6PS/c1-12-21(18,19)9-4-6-2-3-10(14)13(20(15,16)17)8(6)5-7(9)11/h2,4-5,12H,1H3,(H2,15,16,17). The fraction of sp³-hybridized carbons (Fsp3) is 0.100. The molecular formula is C10H9ClN2O6PS. The van der Waals surface area contributed by atoms with Crippen molar-refractivity contribution < 1.29 is 22.8 Å². The number of pyridine rings is 1. The van der Waals surface area contributed by atoms with Gasteiger partial charge >= 0.3 is 7.75 Å². The second-order valence-corrected chi connectivity index (χ2v) is 7.66. The number of nitrogens with one attached hydrogen (secondary N) is 1. The Labute approximate surface area is 124 Å². The number of benzene rings is 1. The van der Waals surface area contributed by atoms with E-state index in [-0.39, 0.29) is 25.2 Å². The molecule has 2 rings (SSSR count). The van der Waals surface area contributed by atoms with E-state index in [1.54, 1.807) is 0 Å². The predicted molar refractivity (Wildman–Crippen MR) is 75.7 cm³/mol. The van der Waals surface area contributed by atoms with Gasteiger partial charge in [-0.1, -0.05) is 11.6 Å². The number of sulfonamides is 1. The van der Waals surface area contributed by atoms with E-state index in [4.69, 9.17) is 11.6 Å². The Balaban J connectivity index is 2.96. The predicted octanol–water partition coefficient (Wildman–Crippen LogP) is 0.304. The number of hydrogen-bond donors (Lipinski definition) is 3. The fourth-order valence-electron chi connectivity index (χ4n) is 1.74. The van der Waals surface area contributed by atoms with Gasteiger partial charge in [0.15, 0.2) is 0 Å².